The number of nitrogens with zero attached hydrogens (tertiary/aromatic N) is 1. The van der Waals surface area contributed by atoms with Gasteiger partial charge < -0.3 is 10.1 Å². The molecule has 0 saturated carbocycles. The highest BCUT2D eigenvalue weighted by molar-refractivity contribution is 9.10. The molecule has 0 radical (unpaired) electrons. The van der Waals surface area contributed by atoms with Crippen LogP contribution in [0.4, 0.5) is 4.39 Å². The molecule has 0 bridgehead atoms. The standard InChI is InChI=1S/C16H18BrFN2O/c1-11(2)8-19-9-12-3-6-16(20-10-12)21-15-7-13(17)4-5-14(15)18/h3-7,10-11,19H,8-9H2,1-2H3. The van der Waals surface area contributed by atoms with Crippen LogP contribution in [0.15, 0.2) is 41.0 Å². The Kier molecular flexibility index (Phi) is 5.70. The number of aromatic nitrogens is 1. The Morgan fingerprint density at radius 3 is 2.76 bits per heavy atom. The largest absolute Gasteiger partial charge is 0.436 e. The number of rotatable bonds is 6. The first-order valence-corrected chi connectivity index (χ1v) is 7.62. The SMILES string of the molecule is CC(C)CNCc1ccc(Oc2cc(Br)ccc2F)nc1. The van der Waals surface area contributed by atoms with Gasteiger partial charge in [0.05, 0.1) is 0 Å². The molecule has 0 aliphatic rings. The molecule has 3 nitrogen and oxygen atoms in total. The van der Waals surface area contributed by atoms with Crippen LogP contribution < -0.4 is 10.1 Å². The second-order valence-electron chi connectivity index (χ2n) is 5.21. The summed E-state index contributed by atoms with van der Waals surface area (Å²) >= 11 is 3.29. The summed E-state index contributed by atoms with van der Waals surface area (Å²) in [5.74, 6) is 0.727. The average molecular weight is 353 g/mol. The van der Waals surface area contributed by atoms with Crippen molar-refractivity contribution in [3.8, 4) is 11.6 Å². The first-order chi connectivity index (χ1) is 10.0. The summed E-state index contributed by atoms with van der Waals surface area (Å²) in [5.41, 5.74) is 1.07. The Hall–Kier alpha value is -1.46. The molecule has 1 heterocycles. The van der Waals surface area contributed by atoms with Crippen LogP contribution in [0.25, 0.3) is 0 Å². The Bertz CT molecular complexity index is 587. The lowest BCUT2D eigenvalue weighted by molar-refractivity contribution is 0.426. The molecule has 0 atom stereocenters. The zero-order chi connectivity index (χ0) is 15.2. The summed E-state index contributed by atoms with van der Waals surface area (Å²) < 4.78 is 19.8. The molecule has 1 N–H and O–H groups in total. The van der Waals surface area contributed by atoms with E-state index in [0.717, 1.165) is 23.1 Å². The normalized spacial score (nSPS) is 10.9. The molecule has 0 fully saturated rings. The van der Waals surface area contributed by atoms with E-state index in [-0.39, 0.29) is 5.75 Å². The quantitative estimate of drug-likeness (QED) is 0.829. The lowest BCUT2D eigenvalue weighted by Crippen LogP contribution is -2.18. The topological polar surface area (TPSA) is 34.1 Å². The Morgan fingerprint density at radius 1 is 1.29 bits per heavy atom. The van der Waals surface area contributed by atoms with E-state index in [0.29, 0.717) is 11.8 Å². The van der Waals surface area contributed by atoms with Crippen LogP contribution in [0.3, 0.4) is 0 Å². The Morgan fingerprint density at radius 2 is 2.10 bits per heavy atom. The summed E-state index contributed by atoms with van der Waals surface area (Å²) in [6.45, 7) is 6.04. The van der Waals surface area contributed by atoms with Gasteiger partial charge in [0.25, 0.3) is 0 Å². The predicted octanol–water partition coefficient (Wildman–Crippen LogP) is 4.52. The molecule has 1 aromatic carbocycles. The van der Waals surface area contributed by atoms with Gasteiger partial charge in [-0.25, -0.2) is 9.37 Å². The van der Waals surface area contributed by atoms with Crippen molar-refractivity contribution in [3.05, 3.63) is 52.4 Å². The minimum absolute atomic E-state index is 0.155. The summed E-state index contributed by atoms with van der Waals surface area (Å²) in [7, 11) is 0. The van der Waals surface area contributed by atoms with Crippen LogP contribution >= 0.6 is 15.9 Å². The fourth-order valence-corrected chi connectivity index (χ4v) is 2.09. The lowest BCUT2D eigenvalue weighted by Gasteiger charge is -2.09. The summed E-state index contributed by atoms with van der Waals surface area (Å²) in [6, 6.07) is 8.22. The molecule has 0 aliphatic heterocycles. The van der Waals surface area contributed by atoms with Gasteiger partial charge in [0, 0.05) is 23.3 Å². The first kappa shape index (κ1) is 15.9. The summed E-state index contributed by atoms with van der Waals surface area (Å²) in [5, 5.41) is 3.34. The second kappa shape index (κ2) is 7.52. The van der Waals surface area contributed by atoms with Gasteiger partial charge in [-0.15, -0.1) is 0 Å². The Labute approximate surface area is 132 Å². The molecule has 1 aromatic heterocycles. The molecule has 0 aliphatic carbocycles. The van der Waals surface area contributed by atoms with E-state index < -0.39 is 5.82 Å². The van der Waals surface area contributed by atoms with Gasteiger partial charge in [-0.05, 0) is 36.2 Å². The lowest BCUT2D eigenvalue weighted by atomic mass is 10.2. The van der Waals surface area contributed by atoms with Gasteiger partial charge in [-0.1, -0.05) is 35.8 Å². The van der Waals surface area contributed by atoms with Gasteiger partial charge in [0.2, 0.25) is 5.88 Å². The van der Waals surface area contributed by atoms with E-state index in [9.17, 15) is 4.39 Å². The third-order valence-electron chi connectivity index (χ3n) is 2.79. The summed E-state index contributed by atoms with van der Waals surface area (Å²) in [4.78, 5) is 4.20. The van der Waals surface area contributed by atoms with E-state index in [1.54, 1.807) is 24.4 Å². The van der Waals surface area contributed by atoms with Crippen LogP contribution in [-0.2, 0) is 6.54 Å². The first-order valence-electron chi connectivity index (χ1n) is 6.83. The zero-order valence-electron chi connectivity index (χ0n) is 12.1. The number of benzene rings is 1. The molecule has 112 valence electrons. The minimum atomic E-state index is -0.414. The maximum atomic E-state index is 13.6. The van der Waals surface area contributed by atoms with Crippen molar-refractivity contribution in [1.82, 2.24) is 10.3 Å². The molecular formula is C16H18BrFN2O. The fourth-order valence-electron chi connectivity index (χ4n) is 1.75. The van der Waals surface area contributed by atoms with Crippen LogP contribution in [0.5, 0.6) is 11.6 Å². The maximum Gasteiger partial charge on any atom is 0.219 e. The monoisotopic (exact) mass is 352 g/mol. The van der Waals surface area contributed by atoms with Crippen molar-refractivity contribution >= 4 is 15.9 Å². The van der Waals surface area contributed by atoms with E-state index in [2.05, 4.69) is 40.1 Å². The van der Waals surface area contributed by atoms with Crippen LogP contribution in [-0.4, -0.2) is 11.5 Å². The molecule has 0 spiro atoms. The van der Waals surface area contributed by atoms with Crippen molar-refractivity contribution in [3.63, 3.8) is 0 Å². The molecule has 2 aromatic rings. The van der Waals surface area contributed by atoms with E-state index in [1.165, 1.54) is 6.07 Å². The van der Waals surface area contributed by atoms with Crippen molar-refractivity contribution < 1.29 is 9.13 Å². The fraction of sp³-hybridized carbons (Fsp3) is 0.312. The maximum absolute atomic E-state index is 13.6. The van der Waals surface area contributed by atoms with Gasteiger partial charge in [0.15, 0.2) is 11.6 Å². The number of hydrogen-bond donors (Lipinski definition) is 1. The molecular weight excluding hydrogens is 335 g/mol. The minimum Gasteiger partial charge on any atom is -0.436 e. The smallest absolute Gasteiger partial charge is 0.219 e. The molecule has 2 rings (SSSR count). The van der Waals surface area contributed by atoms with Crippen LogP contribution in [0.1, 0.15) is 19.4 Å². The van der Waals surface area contributed by atoms with Gasteiger partial charge >= 0.3 is 0 Å². The molecule has 5 heteroatoms. The van der Waals surface area contributed by atoms with E-state index >= 15 is 0 Å². The van der Waals surface area contributed by atoms with Crippen molar-refractivity contribution in [2.24, 2.45) is 5.92 Å². The van der Waals surface area contributed by atoms with Gasteiger partial charge in [-0.3, -0.25) is 0 Å². The van der Waals surface area contributed by atoms with Crippen molar-refractivity contribution in [1.29, 1.82) is 0 Å². The third kappa shape index (κ3) is 5.10. The molecule has 0 amide bonds. The number of pyridine rings is 1. The van der Waals surface area contributed by atoms with Crippen molar-refractivity contribution in [2.45, 2.75) is 20.4 Å². The number of hydrogen-bond acceptors (Lipinski definition) is 3. The van der Waals surface area contributed by atoms with Crippen molar-refractivity contribution in [2.75, 3.05) is 6.54 Å². The molecule has 21 heavy (non-hydrogen) atoms. The van der Waals surface area contributed by atoms with Gasteiger partial charge in [0.1, 0.15) is 0 Å². The zero-order valence-corrected chi connectivity index (χ0v) is 13.7. The third-order valence-corrected chi connectivity index (χ3v) is 3.28. The highest BCUT2D eigenvalue weighted by Crippen LogP contribution is 2.26. The highest BCUT2D eigenvalue weighted by atomic mass is 79.9. The summed E-state index contributed by atoms with van der Waals surface area (Å²) in [6.07, 6.45) is 1.73. The van der Waals surface area contributed by atoms with Gasteiger partial charge in [-0.2, -0.15) is 0 Å². The van der Waals surface area contributed by atoms with Crippen LogP contribution in [0, 0.1) is 11.7 Å². The average Bonchev–Trinajstić information content (AvgIpc) is 2.44. The molecule has 0 unspecified atom stereocenters. The van der Waals surface area contributed by atoms with E-state index in [1.807, 2.05) is 6.07 Å². The number of nitrogens with one attached hydrogen (secondary N) is 1. The predicted molar refractivity (Wildman–Crippen MR) is 85.0 cm³/mol. The number of halogens is 2. The Balaban J connectivity index is 1.97. The number of ether oxygens (including phenoxy) is 1. The van der Waals surface area contributed by atoms with E-state index in [4.69, 9.17) is 4.74 Å². The second-order valence-corrected chi connectivity index (χ2v) is 6.12. The van der Waals surface area contributed by atoms with Crippen LogP contribution in [0.2, 0.25) is 0 Å². The highest BCUT2D eigenvalue weighted by Gasteiger charge is 2.06. The molecule has 0 saturated heterocycles.